The Morgan fingerprint density at radius 3 is 3.29 bits per heavy atom. The number of rotatable bonds is 0. The van der Waals surface area contributed by atoms with Gasteiger partial charge in [-0.3, -0.25) is 9.80 Å². The van der Waals surface area contributed by atoms with Crippen molar-refractivity contribution in [2.75, 3.05) is 13.1 Å². The molecule has 14 heavy (non-hydrogen) atoms. The van der Waals surface area contributed by atoms with Gasteiger partial charge in [0.05, 0.1) is 6.54 Å². The average Bonchev–Trinajstić information content (AvgIpc) is 2.51. The van der Waals surface area contributed by atoms with Crippen LogP contribution >= 0.6 is 0 Å². The van der Waals surface area contributed by atoms with E-state index in [1.165, 1.54) is 0 Å². The summed E-state index contributed by atoms with van der Waals surface area (Å²) in [6.07, 6.45) is 7.13. The zero-order valence-electron chi connectivity index (χ0n) is 7.42. The zero-order chi connectivity index (χ0) is 9.54. The van der Waals surface area contributed by atoms with Gasteiger partial charge in [0.15, 0.2) is 11.6 Å². The number of hydrazine groups is 3. The van der Waals surface area contributed by atoms with Crippen LogP contribution in [0.25, 0.3) is 0 Å². The fraction of sp³-hybridized carbons (Fsp3) is 0.250. The third-order valence-electron chi connectivity index (χ3n) is 2.25. The summed E-state index contributed by atoms with van der Waals surface area (Å²) >= 11 is 0. The quantitative estimate of drug-likeness (QED) is 0.544. The fourth-order valence-corrected chi connectivity index (χ4v) is 1.64. The lowest BCUT2D eigenvalue weighted by Crippen LogP contribution is -2.55. The average molecular weight is 191 g/mol. The Labute approximate surface area is 80.7 Å². The van der Waals surface area contributed by atoms with Crippen molar-refractivity contribution >= 4 is 11.6 Å². The van der Waals surface area contributed by atoms with Crippen molar-refractivity contribution < 1.29 is 4.79 Å². The topological polar surface area (TPSA) is 51.2 Å². The molecule has 0 aromatic rings. The predicted octanol–water partition coefficient (Wildman–Crippen LogP) is -0.780. The van der Waals surface area contributed by atoms with Crippen molar-refractivity contribution in [2.45, 2.75) is 0 Å². The molecule has 1 N–H and O–H groups in total. The molecule has 0 bridgehead atoms. The number of amidine groups is 1. The first-order valence-electron chi connectivity index (χ1n) is 4.40. The molecular formula is C8H9N5O. The molecule has 0 spiro atoms. The van der Waals surface area contributed by atoms with Crippen molar-refractivity contribution in [3.63, 3.8) is 0 Å². The summed E-state index contributed by atoms with van der Waals surface area (Å²) in [4.78, 5) is 11.3. The highest BCUT2D eigenvalue weighted by Crippen LogP contribution is 2.16. The minimum atomic E-state index is 0.0774. The Morgan fingerprint density at radius 1 is 1.43 bits per heavy atom. The molecule has 0 atom stereocenters. The zero-order valence-corrected chi connectivity index (χ0v) is 7.42. The maximum atomic E-state index is 11.3. The van der Waals surface area contributed by atoms with Gasteiger partial charge in [0, 0.05) is 6.20 Å². The van der Waals surface area contributed by atoms with Crippen LogP contribution in [0.3, 0.4) is 0 Å². The number of nitrogens with one attached hydrogen (secondary N) is 1. The number of carbonyl (C=O) groups is 1. The Hall–Kier alpha value is -1.82. The van der Waals surface area contributed by atoms with Crippen molar-refractivity contribution in [1.29, 1.82) is 0 Å². The molecule has 72 valence electrons. The van der Waals surface area contributed by atoms with E-state index in [4.69, 9.17) is 0 Å². The SMILES string of the molecule is O=C1C=CC2=NNN3CC=CN(C1)N23. The highest BCUT2D eigenvalue weighted by Gasteiger charge is 2.32. The highest BCUT2D eigenvalue weighted by molar-refractivity contribution is 6.02. The van der Waals surface area contributed by atoms with Crippen LogP contribution in [0, 0.1) is 0 Å². The van der Waals surface area contributed by atoms with Crippen LogP contribution in [0.4, 0.5) is 0 Å². The second-order valence-corrected chi connectivity index (χ2v) is 3.22. The number of carbonyl (C=O) groups excluding carboxylic acids is 1. The molecule has 6 nitrogen and oxygen atoms in total. The van der Waals surface area contributed by atoms with Gasteiger partial charge in [0.2, 0.25) is 0 Å². The van der Waals surface area contributed by atoms with E-state index in [0.29, 0.717) is 6.54 Å². The van der Waals surface area contributed by atoms with E-state index in [9.17, 15) is 4.79 Å². The van der Waals surface area contributed by atoms with Crippen molar-refractivity contribution in [2.24, 2.45) is 5.10 Å². The second-order valence-electron chi connectivity index (χ2n) is 3.22. The van der Waals surface area contributed by atoms with Crippen LogP contribution in [0.1, 0.15) is 0 Å². The molecular weight excluding hydrogens is 182 g/mol. The molecule has 0 saturated carbocycles. The Kier molecular flexibility index (Phi) is 1.40. The van der Waals surface area contributed by atoms with E-state index in [0.717, 1.165) is 12.4 Å². The molecule has 0 aromatic heterocycles. The number of hydrogen-bond donors (Lipinski definition) is 1. The largest absolute Gasteiger partial charge is 0.293 e. The maximum absolute atomic E-state index is 11.3. The fourth-order valence-electron chi connectivity index (χ4n) is 1.64. The molecule has 3 rings (SSSR count). The van der Waals surface area contributed by atoms with Gasteiger partial charge in [-0.25, -0.2) is 5.53 Å². The molecule has 3 aliphatic rings. The second kappa shape index (κ2) is 2.58. The Bertz CT molecular complexity index is 372. The summed E-state index contributed by atoms with van der Waals surface area (Å²) in [7, 11) is 0. The van der Waals surface area contributed by atoms with Gasteiger partial charge in [0.1, 0.15) is 6.54 Å². The normalized spacial score (nSPS) is 24.6. The monoisotopic (exact) mass is 191 g/mol. The summed E-state index contributed by atoms with van der Waals surface area (Å²) in [5.74, 6) is 0.814. The molecule has 6 heteroatoms. The van der Waals surface area contributed by atoms with Gasteiger partial charge in [-0.2, -0.15) is 5.12 Å². The van der Waals surface area contributed by atoms with Crippen LogP contribution in [-0.4, -0.2) is 40.0 Å². The lowest BCUT2D eigenvalue weighted by molar-refractivity contribution is -0.133. The van der Waals surface area contributed by atoms with E-state index in [1.807, 2.05) is 27.5 Å². The molecule has 0 amide bonds. The van der Waals surface area contributed by atoms with Gasteiger partial charge in [-0.1, -0.05) is 5.12 Å². The van der Waals surface area contributed by atoms with Crippen LogP contribution < -0.4 is 5.53 Å². The lowest BCUT2D eigenvalue weighted by Gasteiger charge is -2.37. The van der Waals surface area contributed by atoms with Crippen molar-refractivity contribution in [3.8, 4) is 0 Å². The van der Waals surface area contributed by atoms with Crippen molar-refractivity contribution in [1.82, 2.24) is 20.8 Å². The standard InChI is InChI=1S/C8H9N5O/c14-7-2-3-8-9-10-12-5-1-4-11(6-7)13(8)12/h1-4,10H,5-6H2. The number of ketones is 1. The van der Waals surface area contributed by atoms with Crippen molar-refractivity contribution in [3.05, 3.63) is 24.4 Å². The van der Waals surface area contributed by atoms with E-state index >= 15 is 0 Å². The first-order chi connectivity index (χ1) is 6.84. The Morgan fingerprint density at radius 2 is 2.36 bits per heavy atom. The number of hydrogen-bond acceptors (Lipinski definition) is 6. The van der Waals surface area contributed by atoms with Crippen LogP contribution in [-0.2, 0) is 4.79 Å². The predicted molar refractivity (Wildman–Crippen MR) is 49.1 cm³/mol. The van der Waals surface area contributed by atoms with Crippen LogP contribution in [0.5, 0.6) is 0 Å². The Balaban J connectivity index is 2.03. The van der Waals surface area contributed by atoms with Gasteiger partial charge in [-0.05, 0) is 18.2 Å². The molecule has 0 unspecified atom stereocenters. The first-order valence-corrected chi connectivity index (χ1v) is 4.40. The third-order valence-corrected chi connectivity index (χ3v) is 2.25. The molecule has 3 heterocycles. The lowest BCUT2D eigenvalue weighted by atomic mass is 10.3. The van der Waals surface area contributed by atoms with Gasteiger partial charge in [0.25, 0.3) is 0 Å². The molecule has 0 aliphatic carbocycles. The first kappa shape index (κ1) is 7.57. The number of nitrogens with zero attached hydrogens (tertiary/aromatic N) is 4. The van der Waals surface area contributed by atoms with Gasteiger partial charge >= 0.3 is 0 Å². The summed E-state index contributed by atoms with van der Waals surface area (Å²) < 4.78 is 0. The molecule has 0 saturated heterocycles. The molecule has 0 aromatic carbocycles. The summed E-state index contributed by atoms with van der Waals surface area (Å²) in [5.41, 5.74) is 2.86. The summed E-state index contributed by atoms with van der Waals surface area (Å²) in [5, 5.41) is 9.60. The number of hydrazone groups is 1. The molecule has 0 radical (unpaired) electrons. The van der Waals surface area contributed by atoms with E-state index < -0.39 is 0 Å². The van der Waals surface area contributed by atoms with Crippen LogP contribution in [0.15, 0.2) is 29.5 Å². The highest BCUT2D eigenvalue weighted by atomic mass is 16.1. The van der Waals surface area contributed by atoms with E-state index in [2.05, 4.69) is 10.6 Å². The van der Waals surface area contributed by atoms with Crippen LogP contribution in [0.2, 0.25) is 0 Å². The summed E-state index contributed by atoms with van der Waals surface area (Å²) in [6.45, 7) is 1.09. The minimum absolute atomic E-state index is 0.0774. The smallest absolute Gasteiger partial charge is 0.187 e. The maximum Gasteiger partial charge on any atom is 0.187 e. The summed E-state index contributed by atoms with van der Waals surface area (Å²) in [6, 6.07) is 0. The molecule has 3 aliphatic heterocycles. The minimum Gasteiger partial charge on any atom is -0.293 e. The van der Waals surface area contributed by atoms with Gasteiger partial charge < -0.3 is 0 Å². The van der Waals surface area contributed by atoms with E-state index in [1.54, 1.807) is 12.2 Å². The van der Waals surface area contributed by atoms with E-state index in [-0.39, 0.29) is 5.78 Å². The van der Waals surface area contributed by atoms with Gasteiger partial charge in [-0.15, -0.1) is 5.10 Å². The third kappa shape index (κ3) is 0.942. The molecule has 0 fully saturated rings.